The average Bonchev–Trinajstić information content (AvgIpc) is 3.60. The highest BCUT2D eigenvalue weighted by atomic mass is 16.2. The van der Waals surface area contributed by atoms with Crippen molar-refractivity contribution in [1.82, 2.24) is 24.6 Å². The molecule has 1 atom stereocenters. The predicted molar refractivity (Wildman–Crippen MR) is 122 cm³/mol. The van der Waals surface area contributed by atoms with Crippen LogP contribution >= 0.6 is 0 Å². The van der Waals surface area contributed by atoms with Crippen LogP contribution in [-0.2, 0) is 4.79 Å². The van der Waals surface area contributed by atoms with Crippen molar-refractivity contribution >= 4 is 11.8 Å². The normalized spacial score (nSPS) is 19.2. The number of para-hydroxylation sites is 1. The maximum Gasteiger partial charge on any atom is 0.259 e. The summed E-state index contributed by atoms with van der Waals surface area (Å²) < 4.78 is 3.71. The smallest absolute Gasteiger partial charge is 0.259 e. The standard InChI is InChI=1S/C25H29N5O2/c31-23(27-20-10-4-5-11-20)19-9-8-16-29(18-19)25(32)22-17-26-30(21-12-2-1-3-13-21)24(22)28-14-6-7-15-28/h1-3,6-7,12-15,17,19-20H,4-5,8-11,16,18H2,(H,27,31)/t19-/m1/s1. The second-order valence-electron chi connectivity index (χ2n) is 8.80. The molecule has 2 aliphatic rings. The van der Waals surface area contributed by atoms with Gasteiger partial charge in [-0.25, -0.2) is 4.68 Å². The average molecular weight is 432 g/mol. The molecule has 3 aromatic rings. The van der Waals surface area contributed by atoms with Gasteiger partial charge in [0.05, 0.1) is 17.8 Å². The third-order valence-corrected chi connectivity index (χ3v) is 6.60. The fourth-order valence-corrected chi connectivity index (χ4v) is 4.91. The Kier molecular flexibility index (Phi) is 5.79. The van der Waals surface area contributed by atoms with E-state index < -0.39 is 0 Å². The molecule has 32 heavy (non-hydrogen) atoms. The van der Waals surface area contributed by atoms with E-state index in [1.165, 1.54) is 12.8 Å². The van der Waals surface area contributed by atoms with E-state index in [1.807, 2.05) is 64.3 Å². The zero-order chi connectivity index (χ0) is 21.9. The second kappa shape index (κ2) is 9.02. The van der Waals surface area contributed by atoms with E-state index in [4.69, 9.17) is 0 Å². The van der Waals surface area contributed by atoms with Crippen LogP contribution < -0.4 is 5.32 Å². The topological polar surface area (TPSA) is 72.2 Å². The number of nitrogens with zero attached hydrogens (tertiary/aromatic N) is 4. The van der Waals surface area contributed by atoms with Crippen molar-refractivity contribution in [3.05, 3.63) is 66.6 Å². The number of piperidine rings is 1. The molecule has 0 bridgehead atoms. The van der Waals surface area contributed by atoms with Gasteiger partial charge in [-0.15, -0.1) is 0 Å². The first-order chi connectivity index (χ1) is 15.7. The molecule has 1 saturated carbocycles. The number of rotatable bonds is 5. The van der Waals surface area contributed by atoms with Crippen LogP contribution in [-0.4, -0.2) is 50.2 Å². The second-order valence-corrected chi connectivity index (χ2v) is 8.80. The van der Waals surface area contributed by atoms with Crippen LogP contribution in [0.5, 0.6) is 0 Å². The quantitative estimate of drug-likeness (QED) is 0.671. The molecular formula is C25H29N5O2. The van der Waals surface area contributed by atoms with Gasteiger partial charge in [0.1, 0.15) is 5.56 Å². The minimum absolute atomic E-state index is 0.0748. The Hall–Kier alpha value is -3.35. The van der Waals surface area contributed by atoms with Gasteiger partial charge in [0, 0.05) is 31.5 Å². The molecule has 1 aliphatic carbocycles. The minimum atomic E-state index is -0.146. The van der Waals surface area contributed by atoms with Gasteiger partial charge in [-0.1, -0.05) is 31.0 Å². The number of amides is 2. The maximum absolute atomic E-state index is 13.6. The number of hydrogen-bond acceptors (Lipinski definition) is 3. The van der Waals surface area contributed by atoms with Gasteiger partial charge in [0.25, 0.3) is 5.91 Å². The Labute approximate surface area is 188 Å². The zero-order valence-corrected chi connectivity index (χ0v) is 18.2. The van der Waals surface area contributed by atoms with Crippen LogP contribution in [0.1, 0.15) is 48.9 Å². The molecular weight excluding hydrogens is 402 g/mol. The zero-order valence-electron chi connectivity index (χ0n) is 18.2. The lowest BCUT2D eigenvalue weighted by Gasteiger charge is -2.32. The highest BCUT2D eigenvalue weighted by Gasteiger charge is 2.32. The molecule has 7 nitrogen and oxygen atoms in total. The van der Waals surface area contributed by atoms with Gasteiger partial charge in [-0.2, -0.15) is 5.10 Å². The fraction of sp³-hybridized carbons (Fsp3) is 0.400. The first kappa shape index (κ1) is 20.5. The summed E-state index contributed by atoms with van der Waals surface area (Å²) >= 11 is 0. The van der Waals surface area contributed by atoms with Crippen LogP contribution in [0.15, 0.2) is 61.1 Å². The van der Waals surface area contributed by atoms with Gasteiger partial charge in [0.2, 0.25) is 5.91 Å². The number of nitrogens with one attached hydrogen (secondary N) is 1. The van der Waals surface area contributed by atoms with E-state index >= 15 is 0 Å². The molecule has 2 fully saturated rings. The van der Waals surface area contributed by atoms with E-state index in [0.717, 1.165) is 31.4 Å². The molecule has 1 N–H and O–H groups in total. The fourth-order valence-electron chi connectivity index (χ4n) is 4.91. The molecule has 3 heterocycles. The van der Waals surface area contributed by atoms with E-state index in [-0.39, 0.29) is 17.7 Å². The van der Waals surface area contributed by atoms with E-state index in [2.05, 4.69) is 10.4 Å². The molecule has 166 valence electrons. The molecule has 1 aliphatic heterocycles. The van der Waals surface area contributed by atoms with E-state index in [9.17, 15) is 9.59 Å². The summed E-state index contributed by atoms with van der Waals surface area (Å²) in [5.74, 6) is 0.588. The van der Waals surface area contributed by atoms with Gasteiger partial charge in [0.15, 0.2) is 5.82 Å². The molecule has 2 amide bonds. The summed E-state index contributed by atoms with van der Waals surface area (Å²) in [5, 5.41) is 7.76. The Morgan fingerprint density at radius 1 is 0.938 bits per heavy atom. The summed E-state index contributed by atoms with van der Waals surface area (Å²) in [6.07, 6.45) is 11.7. The number of benzene rings is 1. The Bertz CT molecular complexity index is 1070. The minimum Gasteiger partial charge on any atom is -0.353 e. The molecule has 0 spiro atoms. The van der Waals surface area contributed by atoms with Gasteiger partial charge in [-0.3, -0.25) is 9.59 Å². The van der Waals surface area contributed by atoms with Gasteiger partial charge < -0.3 is 14.8 Å². The SMILES string of the molecule is O=C(NC1CCCC1)[C@@H]1CCCN(C(=O)c2cnn(-c3ccccc3)c2-n2cccc2)C1. The third kappa shape index (κ3) is 4.07. The van der Waals surface area contributed by atoms with Crippen LogP contribution in [0.4, 0.5) is 0 Å². The first-order valence-electron chi connectivity index (χ1n) is 11.6. The van der Waals surface area contributed by atoms with Crippen molar-refractivity contribution in [2.75, 3.05) is 13.1 Å². The largest absolute Gasteiger partial charge is 0.353 e. The highest BCUT2D eigenvalue weighted by molar-refractivity contribution is 5.97. The predicted octanol–water partition coefficient (Wildman–Crippen LogP) is 3.57. The lowest BCUT2D eigenvalue weighted by molar-refractivity contribution is -0.127. The first-order valence-corrected chi connectivity index (χ1v) is 11.6. The lowest BCUT2D eigenvalue weighted by atomic mass is 9.96. The summed E-state index contributed by atoms with van der Waals surface area (Å²) in [5.41, 5.74) is 1.43. The summed E-state index contributed by atoms with van der Waals surface area (Å²) in [6.45, 7) is 1.12. The van der Waals surface area contributed by atoms with Crippen LogP contribution in [0.2, 0.25) is 0 Å². The number of hydrogen-bond donors (Lipinski definition) is 1. The molecule has 0 unspecified atom stereocenters. The number of carbonyl (C=O) groups excluding carboxylic acids is 2. The van der Waals surface area contributed by atoms with Crippen molar-refractivity contribution in [3.8, 4) is 11.5 Å². The number of aromatic nitrogens is 3. The molecule has 1 aromatic carbocycles. The van der Waals surface area contributed by atoms with Gasteiger partial charge in [-0.05, 0) is 49.9 Å². The van der Waals surface area contributed by atoms with Crippen molar-refractivity contribution in [2.45, 2.75) is 44.6 Å². The summed E-state index contributed by atoms with van der Waals surface area (Å²) in [4.78, 5) is 28.3. The van der Waals surface area contributed by atoms with Gasteiger partial charge >= 0.3 is 0 Å². The Morgan fingerprint density at radius 3 is 2.44 bits per heavy atom. The summed E-state index contributed by atoms with van der Waals surface area (Å²) in [6, 6.07) is 14.0. The van der Waals surface area contributed by atoms with Crippen LogP contribution in [0, 0.1) is 5.92 Å². The Balaban J connectivity index is 1.39. The lowest BCUT2D eigenvalue weighted by Crippen LogP contribution is -2.47. The van der Waals surface area contributed by atoms with Crippen molar-refractivity contribution in [3.63, 3.8) is 0 Å². The van der Waals surface area contributed by atoms with Crippen molar-refractivity contribution < 1.29 is 9.59 Å². The Morgan fingerprint density at radius 2 is 1.69 bits per heavy atom. The molecule has 0 radical (unpaired) electrons. The maximum atomic E-state index is 13.6. The third-order valence-electron chi connectivity index (χ3n) is 6.60. The van der Waals surface area contributed by atoms with E-state index in [0.29, 0.717) is 30.5 Å². The summed E-state index contributed by atoms with van der Waals surface area (Å²) in [7, 11) is 0. The molecule has 5 rings (SSSR count). The molecule has 2 aromatic heterocycles. The molecule has 1 saturated heterocycles. The highest BCUT2D eigenvalue weighted by Crippen LogP contribution is 2.25. The van der Waals surface area contributed by atoms with Crippen molar-refractivity contribution in [2.24, 2.45) is 5.92 Å². The number of likely N-dealkylation sites (tertiary alicyclic amines) is 1. The van der Waals surface area contributed by atoms with E-state index in [1.54, 1.807) is 10.9 Å². The van der Waals surface area contributed by atoms with Crippen molar-refractivity contribution in [1.29, 1.82) is 0 Å². The number of carbonyl (C=O) groups is 2. The monoisotopic (exact) mass is 431 g/mol. The van der Waals surface area contributed by atoms with Crippen LogP contribution in [0.3, 0.4) is 0 Å². The van der Waals surface area contributed by atoms with Crippen LogP contribution in [0.25, 0.3) is 11.5 Å². The molecule has 7 heteroatoms.